The normalized spacial score (nSPS) is 31.4. The number of carbonyl (C=O) groups is 2. The highest BCUT2D eigenvalue weighted by Crippen LogP contribution is 2.28. The topological polar surface area (TPSA) is 88.1 Å². The Morgan fingerprint density at radius 1 is 1.37 bits per heavy atom. The fourth-order valence-corrected chi connectivity index (χ4v) is 3.99. The fourth-order valence-electron chi connectivity index (χ4n) is 3.99. The van der Waals surface area contributed by atoms with Gasteiger partial charge >= 0.3 is 6.09 Å². The summed E-state index contributed by atoms with van der Waals surface area (Å²) in [4.78, 5) is 25.3. The molecule has 2 aliphatic heterocycles. The number of ether oxygens (including phenoxy) is 2. The highest BCUT2D eigenvalue weighted by atomic mass is 16.5. The van der Waals surface area contributed by atoms with Crippen molar-refractivity contribution in [3.63, 3.8) is 0 Å². The molecular weight excluding hydrogens is 384 g/mol. The van der Waals surface area contributed by atoms with E-state index in [4.69, 9.17) is 9.47 Å². The number of hydrogen-bond acceptors (Lipinski definition) is 4. The van der Waals surface area contributed by atoms with Crippen LogP contribution in [-0.4, -0.2) is 66.1 Å². The van der Waals surface area contributed by atoms with E-state index < -0.39 is 6.09 Å². The Labute approximate surface area is 179 Å². The van der Waals surface area contributed by atoms with Crippen LogP contribution in [0.2, 0.25) is 0 Å². The second-order valence-electron chi connectivity index (χ2n) is 8.43. The zero-order chi connectivity index (χ0) is 22.3. The molecule has 2 saturated heterocycles. The van der Waals surface area contributed by atoms with Gasteiger partial charge in [0.1, 0.15) is 0 Å². The number of carbonyl (C=O) groups excluding carboxylic acids is 1. The first-order valence-electron chi connectivity index (χ1n) is 10.7. The van der Waals surface area contributed by atoms with Crippen LogP contribution in [0.4, 0.5) is 4.79 Å². The van der Waals surface area contributed by atoms with Gasteiger partial charge in [-0.25, -0.2) is 4.79 Å². The quantitative estimate of drug-likeness (QED) is 0.487. The standard InChI is InChI=1S/C23H36N2O5/c1-6-15(2)7-9-21-17(4)13-19(18(5)30-21)24-22(26)10-8-16(3)20-14-29-12-11-25(20)23(27)28/h6-8,10,16-21H,1,9,11-14H2,2-5H3,(H,24,26)(H,27,28)/b10-8-,15-7+/t16?,17-,18+,19+,20+,21-/m0/s1. The SMILES string of the molecule is C=C/C(C)=C/C[C@@H]1O[C@H](C)[C@H](NC(=O)/C=C\C(C)[C@H]2COCCN2C(=O)O)C[C@@H]1C. The number of amides is 2. The molecule has 7 nitrogen and oxygen atoms in total. The highest BCUT2D eigenvalue weighted by Gasteiger charge is 2.34. The molecule has 0 aliphatic carbocycles. The molecule has 1 unspecified atom stereocenters. The second kappa shape index (κ2) is 11.3. The number of rotatable bonds is 7. The van der Waals surface area contributed by atoms with Gasteiger partial charge in [-0.3, -0.25) is 4.79 Å². The first-order valence-corrected chi connectivity index (χ1v) is 10.7. The average Bonchev–Trinajstić information content (AvgIpc) is 2.72. The van der Waals surface area contributed by atoms with Crippen LogP contribution in [0.5, 0.6) is 0 Å². The van der Waals surface area contributed by atoms with Crippen LogP contribution in [0.15, 0.2) is 36.5 Å². The summed E-state index contributed by atoms with van der Waals surface area (Å²) in [6, 6.07) is -0.341. The molecule has 30 heavy (non-hydrogen) atoms. The summed E-state index contributed by atoms with van der Waals surface area (Å²) in [5.74, 6) is 0.0103. The molecule has 0 radical (unpaired) electrons. The summed E-state index contributed by atoms with van der Waals surface area (Å²) < 4.78 is 11.6. The van der Waals surface area contributed by atoms with Gasteiger partial charge in [-0.1, -0.05) is 44.2 Å². The van der Waals surface area contributed by atoms with Crippen LogP contribution in [0.25, 0.3) is 0 Å². The minimum absolute atomic E-state index is 0.0540. The lowest BCUT2D eigenvalue weighted by atomic mass is 9.88. The first kappa shape index (κ1) is 24.2. The van der Waals surface area contributed by atoms with E-state index in [2.05, 4.69) is 24.9 Å². The average molecular weight is 421 g/mol. The van der Waals surface area contributed by atoms with Crippen LogP contribution >= 0.6 is 0 Å². The zero-order valence-electron chi connectivity index (χ0n) is 18.5. The van der Waals surface area contributed by atoms with Gasteiger partial charge in [0, 0.05) is 6.54 Å². The lowest BCUT2D eigenvalue weighted by Crippen LogP contribution is -2.51. The number of carboxylic acid groups (broad SMARTS) is 1. The molecule has 2 amide bonds. The Hall–Kier alpha value is -2.12. The van der Waals surface area contributed by atoms with E-state index in [1.165, 1.54) is 11.0 Å². The van der Waals surface area contributed by atoms with Crippen molar-refractivity contribution in [2.45, 2.75) is 64.8 Å². The number of nitrogens with one attached hydrogen (secondary N) is 1. The maximum absolute atomic E-state index is 12.5. The fraction of sp³-hybridized carbons (Fsp3) is 0.652. The summed E-state index contributed by atoms with van der Waals surface area (Å²) >= 11 is 0. The monoisotopic (exact) mass is 420 g/mol. The van der Waals surface area contributed by atoms with E-state index >= 15 is 0 Å². The smallest absolute Gasteiger partial charge is 0.407 e. The van der Waals surface area contributed by atoms with Crippen LogP contribution in [-0.2, 0) is 14.3 Å². The van der Waals surface area contributed by atoms with Gasteiger partial charge < -0.3 is 24.8 Å². The molecular formula is C23H36N2O5. The highest BCUT2D eigenvalue weighted by molar-refractivity contribution is 5.87. The van der Waals surface area contributed by atoms with Gasteiger partial charge in [-0.2, -0.15) is 0 Å². The van der Waals surface area contributed by atoms with E-state index in [1.807, 2.05) is 26.8 Å². The molecule has 0 aromatic rings. The molecule has 2 rings (SSSR count). The number of nitrogens with zero attached hydrogens (tertiary/aromatic N) is 1. The third-order valence-corrected chi connectivity index (χ3v) is 6.11. The van der Waals surface area contributed by atoms with Crippen molar-refractivity contribution in [3.8, 4) is 0 Å². The summed E-state index contributed by atoms with van der Waals surface area (Å²) in [6.07, 6.45) is 8.02. The second-order valence-corrected chi connectivity index (χ2v) is 8.43. The minimum Gasteiger partial charge on any atom is -0.465 e. The van der Waals surface area contributed by atoms with Gasteiger partial charge in [0.15, 0.2) is 0 Å². The van der Waals surface area contributed by atoms with E-state index in [-0.39, 0.29) is 36.1 Å². The molecule has 0 bridgehead atoms. The lowest BCUT2D eigenvalue weighted by Gasteiger charge is -2.39. The van der Waals surface area contributed by atoms with E-state index in [1.54, 1.807) is 6.08 Å². The summed E-state index contributed by atoms with van der Waals surface area (Å²) in [5.41, 5.74) is 1.14. The molecule has 0 saturated carbocycles. The zero-order valence-corrected chi connectivity index (χ0v) is 18.5. The van der Waals surface area contributed by atoms with Gasteiger partial charge in [-0.05, 0) is 44.6 Å². The molecule has 0 aromatic carbocycles. The Balaban J connectivity index is 1.88. The van der Waals surface area contributed by atoms with Crippen molar-refractivity contribution < 1.29 is 24.2 Å². The van der Waals surface area contributed by atoms with Crippen LogP contribution in [0.3, 0.4) is 0 Å². The maximum atomic E-state index is 12.5. The summed E-state index contributed by atoms with van der Waals surface area (Å²) in [5, 5.41) is 12.4. The van der Waals surface area contributed by atoms with Crippen LogP contribution < -0.4 is 5.32 Å². The molecule has 2 heterocycles. The minimum atomic E-state index is -0.956. The Bertz CT molecular complexity index is 675. The molecule has 6 atom stereocenters. The van der Waals surface area contributed by atoms with Crippen molar-refractivity contribution in [1.29, 1.82) is 0 Å². The number of morpholine rings is 1. The van der Waals surface area contributed by atoms with Crippen molar-refractivity contribution in [1.82, 2.24) is 10.2 Å². The molecule has 2 aliphatic rings. The van der Waals surface area contributed by atoms with Crippen molar-refractivity contribution in [2.75, 3.05) is 19.8 Å². The summed E-state index contributed by atoms with van der Waals surface area (Å²) in [6.45, 7) is 12.9. The van der Waals surface area contributed by atoms with Gasteiger partial charge in [0.2, 0.25) is 5.91 Å². The van der Waals surface area contributed by atoms with Crippen molar-refractivity contribution >= 4 is 12.0 Å². The Morgan fingerprint density at radius 2 is 2.10 bits per heavy atom. The van der Waals surface area contributed by atoms with E-state index in [9.17, 15) is 14.7 Å². The molecule has 2 N–H and O–H groups in total. The molecule has 2 fully saturated rings. The van der Waals surface area contributed by atoms with Crippen molar-refractivity contribution in [3.05, 3.63) is 36.5 Å². The maximum Gasteiger partial charge on any atom is 0.407 e. The predicted molar refractivity (Wildman–Crippen MR) is 116 cm³/mol. The van der Waals surface area contributed by atoms with Gasteiger partial charge in [-0.15, -0.1) is 0 Å². The van der Waals surface area contributed by atoms with Crippen LogP contribution in [0, 0.1) is 11.8 Å². The molecule has 0 spiro atoms. The molecule has 7 heteroatoms. The van der Waals surface area contributed by atoms with Crippen LogP contribution in [0.1, 0.15) is 40.5 Å². The van der Waals surface area contributed by atoms with Gasteiger partial charge in [0.25, 0.3) is 0 Å². The molecule has 0 aromatic heterocycles. The van der Waals surface area contributed by atoms with E-state index in [0.717, 1.165) is 18.4 Å². The Kier molecular flexibility index (Phi) is 9.11. The number of hydrogen-bond donors (Lipinski definition) is 2. The lowest BCUT2D eigenvalue weighted by molar-refractivity contribution is -0.123. The third-order valence-electron chi connectivity index (χ3n) is 6.11. The first-order chi connectivity index (χ1) is 14.2. The van der Waals surface area contributed by atoms with Gasteiger partial charge in [0.05, 0.1) is 37.5 Å². The largest absolute Gasteiger partial charge is 0.465 e. The van der Waals surface area contributed by atoms with Crippen molar-refractivity contribution in [2.24, 2.45) is 11.8 Å². The predicted octanol–water partition coefficient (Wildman–Crippen LogP) is 3.38. The number of allylic oxidation sites excluding steroid dienone is 2. The van der Waals surface area contributed by atoms with E-state index in [0.29, 0.717) is 25.7 Å². The Morgan fingerprint density at radius 3 is 2.77 bits per heavy atom. The third kappa shape index (κ3) is 6.71. The molecule has 168 valence electrons. The summed E-state index contributed by atoms with van der Waals surface area (Å²) in [7, 11) is 0.